The second-order valence-electron chi connectivity index (χ2n) is 8.34. The summed E-state index contributed by atoms with van der Waals surface area (Å²) in [6.45, 7) is 0.465. The monoisotopic (exact) mass is 782 g/mol. The minimum absolute atomic E-state index is 0.241. The summed E-state index contributed by atoms with van der Waals surface area (Å²) in [6, 6.07) is 2.32. The second-order valence-corrected chi connectivity index (χ2v) is 10.6. The van der Waals surface area contributed by atoms with Crippen LogP contribution >= 0.6 is 45.2 Å². The summed E-state index contributed by atoms with van der Waals surface area (Å²) < 4.78 is 17.9. The van der Waals surface area contributed by atoms with E-state index in [-0.39, 0.29) is 14.0 Å². The van der Waals surface area contributed by atoms with Crippen LogP contribution in [0, 0.1) is 7.40 Å². The molecule has 0 aromatic carbocycles. The third kappa shape index (κ3) is 7.02. The minimum atomic E-state index is -1.40. The standard InChI is InChI=1S/C11H13IN2O7.C9H11IN2O6/c1-4(15)20-3-5-8(17)9(18)10(21-5)14-6(12)2-7(16)13-11(14)19;10-4-1-5(14)11-9(17)12(4)8-7(16)6(15)3(2-13)18-8/h2,5,8-10,17-18H,3H2,1H3,(H,13,16,19);1,3,6-8,13,15-16H,2H2,(H,11,14,17)/t5-,8+,9?,10-;3-,6+,7?,8-/m11/s1. The van der Waals surface area contributed by atoms with Gasteiger partial charge in [0.1, 0.15) is 43.2 Å². The molecule has 216 valence electrons. The van der Waals surface area contributed by atoms with Crippen molar-refractivity contribution in [3.63, 3.8) is 0 Å². The number of esters is 1. The van der Waals surface area contributed by atoms with Crippen molar-refractivity contribution >= 4 is 51.2 Å². The summed E-state index contributed by atoms with van der Waals surface area (Å²) in [5.74, 6) is -0.556. The number of aromatic nitrogens is 4. The first kappa shape index (κ1) is 31.5. The zero-order valence-electron chi connectivity index (χ0n) is 19.8. The van der Waals surface area contributed by atoms with E-state index in [9.17, 15) is 44.4 Å². The molecule has 0 spiro atoms. The van der Waals surface area contributed by atoms with Gasteiger partial charge in [0.2, 0.25) is 0 Å². The molecule has 0 saturated carbocycles. The number of halogens is 2. The van der Waals surface area contributed by atoms with E-state index in [2.05, 4.69) is 0 Å². The van der Waals surface area contributed by atoms with Crippen molar-refractivity contribution in [2.24, 2.45) is 0 Å². The van der Waals surface area contributed by atoms with E-state index in [0.717, 1.165) is 21.3 Å². The number of aliphatic hydroxyl groups excluding tert-OH is 5. The lowest BCUT2D eigenvalue weighted by Crippen LogP contribution is -2.39. The maximum Gasteiger partial charge on any atom is 0.331 e. The lowest BCUT2D eigenvalue weighted by atomic mass is 10.1. The van der Waals surface area contributed by atoms with Crippen LogP contribution in [0.15, 0.2) is 31.3 Å². The van der Waals surface area contributed by atoms with Crippen LogP contribution in [-0.2, 0) is 19.0 Å². The fourth-order valence-electron chi connectivity index (χ4n) is 3.80. The van der Waals surface area contributed by atoms with Gasteiger partial charge in [-0.3, -0.25) is 33.5 Å². The quantitative estimate of drug-likeness (QED) is 0.0871. The van der Waals surface area contributed by atoms with Crippen LogP contribution in [0.5, 0.6) is 0 Å². The van der Waals surface area contributed by atoms with E-state index in [4.69, 9.17) is 19.3 Å². The van der Waals surface area contributed by atoms with Crippen LogP contribution in [0.3, 0.4) is 0 Å². The lowest BCUT2D eigenvalue weighted by Gasteiger charge is -2.18. The molecule has 7 N–H and O–H groups in total. The Bertz CT molecular complexity index is 1420. The molecule has 0 amide bonds. The molecule has 0 radical (unpaired) electrons. The fraction of sp³-hybridized carbons (Fsp3) is 0.550. The fourth-order valence-corrected chi connectivity index (χ4v) is 5.35. The first-order chi connectivity index (χ1) is 18.3. The Hall–Kier alpha value is -1.99. The Morgan fingerprint density at radius 1 is 0.846 bits per heavy atom. The Balaban J connectivity index is 0.000000218. The van der Waals surface area contributed by atoms with E-state index in [1.165, 1.54) is 6.92 Å². The van der Waals surface area contributed by atoms with E-state index in [0.29, 0.717) is 0 Å². The number of aromatic amines is 2. The molecule has 2 fully saturated rings. The Morgan fingerprint density at radius 3 is 1.62 bits per heavy atom. The largest absolute Gasteiger partial charge is 0.463 e. The van der Waals surface area contributed by atoms with Gasteiger partial charge in [-0.05, 0) is 45.2 Å². The topological polar surface area (TPSA) is 256 Å². The summed E-state index contributed by atoms with van der Waals surface area (Å²) >= 11 is 3.49. The molecule has 8 atom stereocenters. The molecule has 2 aliphatic rings. The van der Waals surface area contributed by atoms with Crippen LogP contribution in [-0.4, -0.2) is 100 Å². The number of carbonyl (C=O) groups is 1. The third-order valence-corrected chi connectivity index (χ3v) is 7.34. The highest BCUT2D eigenvalue weighted by Gasteiger charge is 2.45. The normalized spacial score (nSPS) is 30.1. The van der Waals surface area contributed by atoms with Crippen LogP contribution < -0.4 is 22.5 Å². The summed E-state index contributed by atoms with van der Waals surface area (Å²) in [4.78, 5) is 60.6. The highest BCUT2D eigenvalue weighted by molar-refractivity contribution is 14.1. The lowest BCUT2D eigenvalue weighted by molar-refractivity contribution is -0.147. The van der Waals surface area contributed by atoms with Crippen molar-refractivity contribution in [3.8, 4) is 0 Å². The highest BCUT2D eigenvalue weighted by atomic mass is 127. The third-order valence-electron chi connectivity index (χ3n) is 5.67. The summed E-state index contributed by atoms with van der Waals surface area (Å²) in [5, 5.41) is 48.2. The van der Waals surface area contributed by atoms with Crippen LogP contribution in [0.25, 0.3) is 0 Å². The number of rotatable bonds is 5. The van der Waals surface area contributed by atoms with Gasteiger partial charge in [0, 0.05) is 19.1 Å². The second kappa shape index (κ2) is 13.1. The Labute approximate surface area is 244 Å². The van der Waals surface area contributed by atoms with Crippen molar-refractivity contribution in [3.05, 3.63) is 61.2 Å². The van der Waals surface area contributed by atoms with Crippen molar-refractivity contribution in [1.82, 2.24) is 19.1 Å². The average molecular weight is 782 g/mol. The molecule has 2 aromatic rings. The van der Waals surface area contributed by atoms with Gasteiger partial charge in [0.05, 0.1) is 14.0 Å². The number of aliphatic hydroxyl groups is 5. The number of nitrogens with one attached hydrogen (secondary N) is 2. The first-order valence-corrected chi connectivity index (χ1v) is 13.2. The van der Waals surface area contributed by atoms with Crippen LogP contribution in [0.1, 0.15) is 19.4 Å². The van der Waals surface area contributed by atoms with E-state index in [1.807, 2.05) is 9.97 Å². The maximum absolute atomic E-state index is 11.8. The van der Waals surface area contributed by atoms with Crippen molar-refractivity contribution < 1.29 is 44.5 Å². The highest BCUT2D eigenvalue weighted by Crippen LogP contribution is 2.30. The molecule has 2 saturated heterocycles. The number of H-pyrrole nitrogens is 2. The number of nitrogens with zero attached hydrogens (tertiary/aromatic N) is 2. The molecular weight excluding hydrogens is 758 g/mol. The number of ether oxygens (including phenoxy) is 3. The molecule has 17 nitrogen and oxygen atoms in total. The molecule has 39 heavy (non-hydrogen) atoms. The van der Waals surface area contributed by atoms with Gasteiger partial charge in [-0.1, -0.05) is 0 Å². The smallest absolute Gasteiger partial charge is 0.331 e. The molecule has 19 heteroatoms. The van der Waals surface area contributed by atoms with E-state index >= 15 is 0 Å². The van der Waals surface area contributed by atoms with Gasteiger partial charge < -0.3 is 39.7 Å². The summed E-state index contributed by atoms with van der Waals surface area (Å²) in [7, 11) is 0. The summed E-state index contributed by atoms with van der Waals surface area (Å²) in [5.41, 5.74) is -2.66. The van der Waals surface area contributed by atoms with Crippen molar-refractivity contribution in [1.29, 1.82) is 0 Å². The molecule has 2 aliphatic heterocycles. The molecule has 2 aromatic heterocycles. The molecule has 4 heterocycles. The predicted octanol–water partition coefficient (Wildman–Crippen LogP) is -3.92. The zero-order valence-corrected chi connectivity index (χ0v) is 24.2. The van der Waals surface area contributed by atoms with E-state index < -0.39 is 84.2 Å². The first-order valence-electron chi connectivity index (χ1n) is 11.1. The van der Waals surface area contributed by atoms with Crippen LogP contribution in [0.4, 0.5) is 0 Å². The van der Waals surface area contributed by atoms with Gasteiger partial charge >= 0.3 is 17.3 Å². The minimum Gasteiger partial charge on any atom is -0.463 e. The van der Waals surface area contributed by atoms with Gasteiger partial charge in [-0.2, -0.15) is 0 Å². The van der Waals surface area contributed by atoms with Gasteiger partial charge in [0.15, 0.2) is 12.5 Å². The molecule has 4 rings (SSSR count). The Kier molecular flexibility index (Phi) is 10.6. The van der Waals surface area contributed by atoms with E-state index in [1.54, 1.807) is 45.2 Å². The van der Waals surface area contributed by atoms with Crippen molar-refractivity contribution in [2.45, 2.75) is 56.0 Å². The number of hydrogen-bond acceptors (Lipinski definition) is 13. The Morgan fingerprint density at radius 2 is 1.26 bits per heavy atom. The maximum atomic E-state index is 11.8. The summed E-state index contributed by atoms with van der Waals surface area (Å²) in [6.07, 6.45) is -9.66. The zero-order chi connectivity index (χ0) is 29.2. The van der Waals surface area contributed by atoms with Gasteiger partial charge in [-0.15, -0.1) is 0 Å². The van der Waals surface area contributed by atoms with Gasteiger partial charge in [0.25, 0.3) is 11.1 Å². The predicted molar refractivity (Wildman–Crippen MR) is 144 cm³/mol. The number of carbonyl (C=O) groups excluding carboxylic acids is 1. The van der Waals surface area contributed by atoms with Crippen LogP contribution in [0.2, 0.25) is 0 Å². The average Bonchev–Trinajstić information content (AvgIpc) is 3.27. The number of hydrogen-bond donors (Lipinski definition) is 7. The molecule has 0 bridgehead atoms. The SMILES string of the molecule is CC(=O)OC[C@H]1O[C@@H](n2c(I)cc(=O)[nH]c2=O)C(O)[C@H]1O.O=c1cc(I)n([C@@H]2O[C@H](CO)[C@H](O)C2O)c(=O)[nH]1. The molecule has 2 unspecified atom stereocenters. The van der Waals surface area contributed by atoms with Gasteiger partial charge in [-0.25, -0.2) is 9.59 Å². The molecular formula is C20H24I2N4O13. The van der Waals surface area contributed by atoms with Crippen molar-refractivity contribution in [2.75, 3.05) is 13.2 Å². The molecule has 0 aliphatic carbocycles.